The minimum absolute atomic E-state index is 0.127. The van der Waals surface area contributed by atoms with Gasteiger partial charge in [-0.25, -0.2) is 0 Å². The second-order valence-corrected chi connectivity index (χ2v) is 4.31. The van der Waals surface area contributed by atoms with Gasteiger partial charge in [0.1, 0.15) is 5.75 Å². The van der Waals surface area contributed by atoms with Gasteiger partial charge in [-0.1, -0.05) is 25.1 Å². The van der Waals surface area contributed by atoms with Crippen LogP contribution in [0.2, 0.25) is 0 Å². The lowest BCUT2D eigenvalue weighted by atomic mass is 10.0. The van der Waals surface area contributed by atoms with Crippen LogP contribution in [0.15, 0.2) is 24.3 Å². The first-order valence-corrected chi connectivity index (χ1v) is 5.77. The number of para-hydroxylation sites is 1. The van der Waals surface area contributed by atoms with Crippen LogP contribution in [0.5, 0.6) is 5.75 Å². The highest BCUT2D eigenvalue weighted by atomic mass is 16.3. The number of nitrogens with one attached hydrogen (secondary N) is 1. The largest absolute Gasteiger partial charge is 0.508 e. The SMILES string of the molecule is CC(CCO)CNC(C)c1ccccc1O. The van der Waals surface area contributed by atoms with Crippen molar-refractivity contribution in [2.75, 3.05) is 13.2 Å². The van der Waals surface area contributed by atoms with Gasteiger partial charge in [0.25, 0.3) is 0 Å². The van der Waals surface area contributed by atoms with Gasteiger partial charge in [-0.2, -0.15) is 0 Å². The number of aromatic hydroxyl groups is 1. The molecule has 3 nitrogen and oxygen atoms in total. The molecule has 1 aromatic carbocycles. The monoisotopic (exact) mass is 223 g/mol. The predicted octanol–water partition coefficient (Wildman–Crippen LogP) is 2.06. The van der Waals surface area contributed by atoms with E-state index in [1.807, 2.05) is 25.1 Å². The molecule has 0 fully saturated rings. The molecule has 16 heavy (non-hydrogen) atoms. The number of hydrogen-bond acceptors (Lipinski definition) is 3. The van der Waals surface area contributed by atoms with Crippen molar-refractivity contribution in [1.29, 1.82) is 0 Å². The maximum absolute atomic E-state index is 9.67. The Morgan fingerprint density at radius 2 is 1.94 bits per heavy atom. The highest BCUT2D eigenvalue weighted by Gasteiger charge is 2.10. The summed E-state index contributed by atoms with van der Waals surface area (Å²) in [5.41, 5.74) is 0.915. The first-order valence-electron chi connectivity index (χ1n) is 5.77. The lowest BCUT2D eigenvalue weighted by Crippen LogP contribution is -2.25. The number of aliphatic hydroxyl groups excluding tert-OH is 1. The topological polar surface area (TPSA) is 52.5 Å². The molecule has 0 aliphatic carbocycles. The lowest BCUT2D eigenvalue weighted by molar-refractivity contribution is 0.258. The summed E-state index contributed by atoms with van der Waals surface area (Å²) in [6.07, 6.45) is 0.806. The fraction of sp³-hybridized carbons (Fsp3) is 0.538. The van der Waals surface area contributed by atoms with Crippen molar-refractivity contribution < 1.29 is 10.2 Å². The van der Waals surface area contributed by atoms with E-state index in [0.717, 1.165) is 18.5 Å². The van der Waals surface area contributed by atoms with Crippen LogP contribution in [0.1, 0.15) is 31.9 Å². The summed E-state index contributed by atoms with van der Waals surface area (Å²) in [4.78, 5) is 0. The van der Waals surface area contributed by atoms with Crippen molar-refractivity contribution >= 4 is 0 Å². The van der Waals surface area contributed by atoms with E-state index in [9.17, 15) is 5.11 Å². The van der Waals surface area contributed by atoms with Gasteiger partial charge in [-0.3, -0.25) is 0 Å². The van der Waals surface area contributed by atoms with E-state index in [4.69, 9.17) is 5.11 Å². The molecule has 2 atom stereocenters. The Morgan fingerprint density at radius 3 is 2.56 bits per heavy atom. The molecule has 3 heteroatoms. The summed E-state index contributed by atoms with van der Waals surface area (Å²) in [6, 6.07) is 7.49. The Morgan fingerprint density at radius 1 is 1.25 bits per heavy atom. The molecule has 0 aliphatic rings. The third-order valence-corrected chi connectivity index (χ3v) is 2.80. The third-order valence-electron chi connectivity index (χ3n) is 2.80. The predicted molar refractivity (Wildman–Crippen MR) is 65.4 cm³/mol. The van der Waals surface area contributed by atoms with Gasteiger partial charge in [-0.05, 0) is 31.9 Å². The number of phenols is 1. The van der Waals surface area contributed by atoms with Gasteiger partial charge in [0.05, 0.1) is 0 Å². The number of rotatable bonds is 6. The molecule has 90 valence electrons. The molecule has 1 rings (SSSR count). The van der Waals surface area contributed by atoms with E-state index in [1.165, 1.54) is 0 Å². The molecule has 0 amide bonds. The molecule has 2 unspecified atom stereocenters. The van der Waals surface area contributed by atoms with E-state index in [0.29, 0.717) is 11.7 Å². The zero-order valence-electron chi connectivity index (χ0n) is 9.98. The van der Waals surface area contributed by atoms with Crippen LogP contribution in [0, 0.1) is 5.92 Å². The van der Waals surface area contributed by atoms with Crippen molar-refractivity contribution in [2.24, 2.45) is 5.92 Å². The third kappa shape index (κ3) is 3.83. The highest BCUT2D eigenvalue weighted by Crippen LogP contribution is 2.23. The Hall–Kier alpha value is -1.06. The quantitative estimate of drug-likeness (QED) is 0.692. The van der Waals surface area contributed by atoms with Crippen molar-refractivity contribution in [3.63, 3.8) is 0 Å². The Bertz CT molecular complexity index is 315. The van der Waals surface area contributed by atoms with Crippen LogP contribution in [0.3, 0.4) is 0 Å². The molecular formula is C13H21NO2. The second-order valence-electron chi connectivity index (χ2n) is 4.31. The molecule has 0 heterocycles. The lowest BCUT2D eigenvalue weighted by Gasteiger charge is -2.18. The van der Waals surface area contributed by atoms with Crippen molar-refractivity contribution in [1.82, 2.24) is 5.32 Å². The van der Waals surface area contributed by atoms with Crippen molar-refractivity contribution in [3.8, 4) is 5.75 Å². The fourth-order valence-corrected chi connectivity index (χ4v) is 1.66. The molecule has 0 bridgehead atoms. The molecule has 0 aliphatic heterocycles. The molecule has 0 spiro atoms. The van der Waals surface area contributed by atoms with E-state index in [2.05, 4.69) is 12.2 Å². The minimum atomic E-state index is 0.127. The number of phenolic OH excluding ortho intramolecular Hbond substituents is 1. The smallest absolute Gasteiger partial charge is 0.120 e. The van der Waals surface area contributed by atoms with Crippen LogP contribution in [0.25, 0.3) is 0 Å². The summed E-state index contributed by atoms with van der Waals surface area (Å²) in [5.74, 6) is 0.774. The minimum Gasteiger partial charge on any atom is -0.508 e. The van der Waals surface area contributed by atoms with Gasteiger partial charge in [0.2, 0.25) is 0 Å². The molecular weight excluding hydrogens is 202 g/mol. The summed E-state index contributed by atoms with van der Waals surface area (Å²) in [6.45, 7) is 5.20. The standard InChI is InChI=1S/C13H21NO2/c1-10(7-8-15)9-14-11(2)12-5-3-4-6-13(12)16/h3-6,10-11,14-16H,7-9H2,1-2H3. The molecule has 0 saturated carbocycles. The second kappa shape index (κ2) is 6.51. The summed E-state index contributed by atoms with van der Waals surface area (Å²) in [5, 5.41) is 21.8. The number of benzene rings is 1. The zero-order valence-corrected chi connectivity index (χ0v) is 9.98. The normalized spacial score (nSPS) is 14.7. The van der Waals surface area contributed by atoms with Gasteiger partial charge < -0.3 is 15.5 Å². The molecule has 0 aromatic heterocycles. The maximum Gasteiger partial charge on any atom is 0.120 e. The summed E-state index contributed by atoms with van der Waals surface area (Å²) in [7, 11) is 0. The van der Waals surface area contributed by atoms with E-state index >= 15 is 0 Å². The van der Waals surface area contributed by atoms with Gasteiger partial charge in [-0.15, -0.1) is 0 Å². The summed E-state index contributed by atoms with van der Waals surface area (Å²) < 4.78 is 0. The Kier molecular flexibility index (Phi) is 5.29. The van der Waals surface area contributed by atoms with Gasteiger partial charge >= 0.3 is 0 Å². The molecule has 3 N–H and O–H groups in total. The van der Waals surface area contributed by atoms with Crippen LogP contribution in [-0.4, -0.2) is 23.4 Å². The zero-order chi connectivity index (χ0) is 12.0. The first kappa shape index (κ1) is 13.0. The van der Waals surface area contributed by atoms with Gasteiger partial charge in [0, 0.05) is 18.2 Å². The molecule has 0 radical (unpaired) electrons. The first-order chi connectivity index (χ1) is 7.65. The summed E-state index contributed by atoms with van der Waals surface area (Å²) >= 11 is 0. The average Bonchev–Trinajstić information content (AvgIpc) is 2.27. The van der Waals surface area contributed by atoms with Crippen molar-refractivity contribution in [3.05, 3.63) is 29.8 Å². The van der Waals surface area contributed by atoms with Crippen LogP contribution >= 0.6 is 0 Å². The Balaban J connectivity index is 2.46. The maximum atomic E-state index is 9.67. The molecule has 1 aromatic rings. The van der Waals surface area contributed by atoms with Crippen molar-refractivity contribution in [2.45, 2.75) is 26.3 Å². The van der Waals surface area contributed by atoms with E-state index in [-0.39, 0.29) is 12.6 Å². The fourth-order valence-electron chi connectivity index (χ4n) is 1.66. The number of aliphatic hydroxyl groups is 1. The van der Waals surface area contributed by atoms with E-state index < -0.39 is 0 Å². The average molecular weight is 223 g/mol. The van der Waals surface area contributed by atoms with Gasteiger partial charge in [0.15, 0.2) is 0 Å². The van der Waals surface area contributed by atoms with Crippen LogP contribution in [0.4, 0.5) is 0 Å². The Labute approximate surface area is 97.1 Å². The van der Waals surface area contributed by atoms with Crippen LogP contribution in [-0.2, 0) is 0 Å². The van der Waals surface area contributed by atoms with Crippen LogP contribution < -0.4 is 5.32 Å². The van der Waals surface area contributed by atoms with E-state index in [1.54, 1.807) is 6.07 Å². The number of hydrogen-bond donors (Lipinski definition) is 3. The highest BCUT2D eigenvalue weighted by molar-refractivity contribution is 5.34. The molecule has 0 saturated heterocycles.